The molecule has 0 aliphatic heterocycles. The molecular weight excluding hydrogens is 232 g/mol. The van der Waals surface area contributed by atoms with Crippen LogP contribution in [-0.2, 0) is 0 Å². The Balaban J connectivity index is 2.25. The lowest BCUT2D eigenvalue weighted by atomic mass is 10.2. The van der Waals surface area contributed by atoms with Crippen LogP contribution < -0.4 is 10.5 Å². The standard InChI is InChI=1S/C11H10N6O/c1-18-9-6-7(2-4-13-9)10-16-15-8-3-5-14-11(12)17(8)10/h2-6H,1H3,(H2,12,14). The van der Waals surface area contributed by atoms with Crippen molar-refractivity contribution in [3.8, 4) is 17.3 Å². The molecule has 2 N–H and O–H groups in total. The summed E-state index contributed by atoms with van der Waals surface area (Å²) in [6.45, 7) is 0. The first-order valence-electron chi connectivity index (χ1n) is 5.25. The summed E-state index contributed by atoms with van der Waals surface area (Å²) in [5.41, 5.74) is 7.29. The number of pyridine rings is 1. The Morgan fingerprint density at radius 3 is 2.83 bits per heavy atom. The van der Waals surface area contributed by atoms with Crippen LogP contribution in [0.15, 0.2) is 30.6 Å². The molecule has 0 amide bonds. The van der Waals surface area contributed by atoms with Crippen molar-refractivity contribution in [1.82, 2.24) is 24.6 Å². The van der Waals surface area contributed by atoms with Crippen molar-refractivity contribution in [2.75, 3.05) is 12.8 Å². The Kier molecular flexibility index (Phi) is 2.30. The highest BCUT2D eigenvalue weighted by Gasteiger charge is 2.11. The van der Waals surface area contributed by atoms with Gasteiger partial charge in [0.15, 0.2) is 11.5 Å². The summed E-state index contributed by atoms with van der Waals surface area (Å²) >= 11 is 0. The normalized spacial score (nSPS) is 10.7. The molecule has 3 heterocycles. The van der Waals surface area contributed by atoms with Gasteiger partial charge in [0, 0.05) is 30.1 Å². The molecule has 0 atom stereocenters. The van der Waals surface area contributed by atoms with Gasteiger partial charge in [-0.25, -0.2) is 14.4 Å². The molecule has 0 spiro atoms. The van der Waals surface area contributed by atoms with Crippen molar-refractivity contribution >= 4 is 11.6 Å². The van der Waals surface area contributed by atoms with Gasteiger partial charge >= 0.3 is 0 Å². The maximum absolute atomic E-state index is 5.83. The number of anilines is 1. The average Bonchev–Trinajstić information content (AvgIpc) is 2.84. The summed E-state index contributed by atoms with van der Waals surface area (Å²) in [5.74, 6) is 1.45. The van der Waals surface area contributed by atoms with E-state index in [1.165, 1.54) is 0 Å². The summed E-state index contributed by atoms with van der Waals surface area (Å²) in [6, 6.07) is 5.32. The SMILES string of the molecule is COc1cc(-c2nnc3ccnc(N)n23)ccn1. The van der Waals surface area contributed by atoms with Gasteiger partial charge in [-0.15, -0.1) is 10.2 Å². The van der Waals surface area contributed by atoms with Gasteiger partial charge in [-0.3, -0.25) is 0 Å². The fourth-order valence-electron chi connectivity index (χ4n) is 1.72. The second-order valence-electron chi connectivity index (χ2n) is 3.61. The van der Waals surface area contributed by atoms with Gasteiger partial charge in [-0.05, 0) is 6.07 Å². The summed E-state index contributed by atoms with van der Waals surface area (Å²) < 4.78 is 6.76. The first-order chi connectivity index (χ1) is 8.79. The molecule has 0 bridgehead atoms. The minimum absolute atomic E-state index is 0.336. The molecule has 0 aliphatic rings. The average molecular weight is 242 g/mol. The zero-order chi connectivity index (χ0) is 12.5. The third kappa shape index (κ3) is 1.53. The molecule has 7 nitrogen and oxygen atoms in total. The van der Waals surface area contributed by atoms with Crippen molar-refractivity contribution < 1.29 is 4.74 Å². The molecule has 0 saturated heterocycles. The van der Waals surface area contributed by atoms with Crippen LogP contribution in [0.25, 0.3) is 17.0 Å². The Morgan fingerprint density at radius 1 is 1.17 bits per heavy atom. The number of ether oxygens (including phenoxy) is 1. The number of fused-ring (bicyclic) bond motifs is 1. The van der Waals surface area contributed by atoms with E-state index in [2.05, 4.69) is 20.2 Å². The van der Waals surface area contributed by atoms with E-state index in [1.807, 2.05) is 6.07 Å². The van der Waals surface area contributed by atoms with E-state index in [4.69, 9.17) is 10.5 Å². The molecule has 0 unspecified atom stereocenters. The van der Waals surface area contributed by atoms with Gasteiger partial charge in [0.05, 0.1) is 7.11 Å². The van der Waals surface area contributed by atoms with Crippen molar-refractivity contribution in [3.63, 3.8) is 0 Å². The molecular formula is C11H10N6O. The highest BCUT2D eigenvalue weighted by atomic mass is 16.5. The summed E-state index contributed by atoms with van der Waals surface area (Å²) in [4.78, 5) is 8.07. The number of nitrogens with zero attached hydrogens (tertiary/aromatic N) is 5. The quantitative estimate of drug-likeness (QED) is 0.714. The zero-order valence-corrected chi connectivity index (χ0v) is 9.61. The number of nitrogen functional groups attached to an aromatic ring is 1. The van der Waals surface area contributed by atoms with E-state index in [1.54, 1.807) is 36.0 Å². The van der Waals surface area contributed by atoms with Gasteiger partial charge < -0.3 is 10.5 Å². The maximum Gasteiger partial charge on any atom is 0.213 e. The fourth-order valence-corrected chi connectivity index (χ4v) is 1.72. The second kappa shape index (κ2) is 3.95. The third-order valence-corrected chi connectivity index (χ3v) is 2.55. The zero-order valence-electron chi connectivity index (χ0n) is 9.61. The molecule has 0 radical (unpaired) electrons. The van der Waals surface area contributed by atoms with Crippen molar-refractivity contribution in [2.24, 2.45) is 0 Å². The highest BCUT2D eigenvalue weighted by Crippen LogP contribution is 2.22. The van der Waals surface area contributed by atoms with E-state index in [0.717, 1.165) is 5.56 Å². The Labute approximate surface area is 102 Å². The molecule has 0 saturated carbocycles. The van der Waals surface area contributed by atoms with Gasteiger partial charge in [-0.1, -0.05) is 0 Å². The number of nitrogens with two attached hydrogens (primary N) is 1. The van der Waals surface area contributed by atoms with Crippen molar-refractivity contribution in [1.29, 1.82) is 0 Å². The molecule has 0 fully saturated rings. The Morgan fingerprint density at radius 2 is 2.00 bits per heavy atom. The van der Waals surface area contributed by atoms with Crippen LogP contribution in [0.5, 0.6) is 5.88 Å². The van der Waals surface area contributed by atoms with E-state index in [9.17, 15) is 0 Å². The van der Waals surface area contributed by atoms with Gasteiger partial charge in [-0.2, -0.15) is 0 Å². The topological polar surface area (TPSA) is 91.2 Å². The maximum atomic E-state index is 5.83. The van der Waals surface area contributed by atoms with Crippen LogP contribution in [0.4, 0.5) is 5.95 Å². The highest BCUT2D eigenvalue weighted by molar-refractivity contribution is 5.62. The number of rotatable bonds is 2. The van der Waals surface area contributed by atoms with Crippen LogP contribution in [0.1, 0.15) is 0 Å². The summed E-state index contributed by atoms with van der Waals surface area (Å²) in [7, 11) is 1.56. The predicted molar refractivity (Wildman–Crippen MR) is 65.0 cm³/mol. The molecule has 0 aromatic carbocycles. The lowest BCUT2D eigenvalue weighted by molar-refractivity contribution is 0.398. The fraction of sp³-hybridized carbons (Fsp3) is 0.0909. The number of hydrogen-bond donors (Lipinski definition) is 1. The minimum Gasteiger partial charge on any atom is -0.481 e. The Bertz CT molecular complexity index is 708. The smallest absolute Gasteiger partial charge is 0.213 e. The predicted octanol–water partition coefficient (Wildman–Crippen LogP) is 0.777. The first-order valence-corrected chi connectivity index (χ1v) is 5.25. The molecule has 0 aliphatic carbocycles. The van der Waals surface area contributed by atoms with E-state index < -0.39 is 0 Å². The van der Waals surface area contributed by atoms with E-state index >= 15 is 0 Å². The lowest BCUT2D eigenvalue weighted by Crippen LogP contribution is -2.01. The molecule has 18 heavy (non-hydrogen) atoms. The van der Waals surface area contributed by atoms with Crippen LogP contribution >= 0.6 is 0 Å². The van der Waals surface area contributed by atoms with Crippen LogP contribution in [0, 0.1) is 0 Å². The van der Waals surface area contributed by atoms with E-state index in [0.29, 0.717) is 23.3 Å². The molecule has 3 aromatic rings. The van der Waals surface area contributed by atoms with Crippen LogP contribution in [0.3, 0.4) is 0 Å². The molecule has 3 aromatic heterocycles. The van der Waals surface area contributed by atoms with Crippen LogP contribution in [0.2, 0.25) is 0 Å². The van der Waals surface area contributed by atoms with Gasteiger partial charge in [0.2, 0.25) is 11.8 Å². The summed E-state index contributed by atoms with van der Waals surface area (Å²) in [5, 5.41) is 8.15. The van der Waals surface area contributed by atoms with Gasteiger partial charge in [0.25, 0.3) is 0 Å². The number of hydrogen-bond acceptors (Lipinski definition) is 6. The first kappa shape index (κ1) is 10.5. The number of methoxy groups -OCH3 is 1. The molecule has 3 rings (SSSR count). The molecule has 90 valence electrons. The van der Waals surface area contributed by atoms with Crippen LogP contribution in [-0.4, -0.2) is 31.7 Å². The monoisotopic (exact) mass is 242 g/mol. The summed E-state index contributed by atoms with van der Waals surface area (Å²) in [6.07, 6.45) is 3.23. The Hall–Kier alpha value is -2.70. The van der Waals surface area contributed by atoms with Crippen molar-refractivity contribution in [2.45, 2.75) is 0 Å². The number of aromatic nitrogens is 5. The molecule has 7 heteroatoms. The van der Waals surface area contributed by atoms with Crippen molar-refractivity contribution in [3.05, 3.63) is 30.6 Å². The lowest BCUT2D eigenvalue weighted by Gasteiger charge is -2.03. The minimum atomic E-state index is 0.336. The second-order valence-corrected chi connectivity index (χ2v) is 3.61. The van der Waals surface area contributed by atoms with E-state index in [-0.39, 0.29) is 0 Å². The van der Waals surface area contributed by atoms with Gasteiger partial charge in [0.1, 0.15) is 0 Å². The third-order valence-electron chi connectivity index (χ3n) is 2.55. The largest absolute Gasteiger partial charge is 0.481 e.